The summed E-state index contributed by atoms with van der Waals surface area (Å²) in [5.74, 6) is 1.25. The predicted molar refractivity (Wildman–Crippen MR) is 94.2 cm³/mol. The highest BCUT2D eigenvalue weighted by Gasteiger charge is 2.10. The molecule has 3 rings (SSSR count). The van der Waals surface area contributed by atoms with E-state index in [4.69, 9.17) is 0 Å². The van der Waals surface area contributed by atoms with Crippen LogP contribution in [0.2, 0.25) is 0 Å². The normalized spacial score (nSPS) is 10.8. The molecule has 24 heavy (non-hydrogen) atoms. The van der Waals surface area contributed by atoms with Gasteiger partial charge in [0.25, 0.3) is 5.91 Å². The standard InChI is InChI=1S/C17H19N5OS/c1-10-15(24-12(3)19-10)7-8-18-17(23)14-6-4-5-13(9-14)16-20-11(2)21-22-16/h4-6,9H,7-8H2,1-3H3,(H,18,23)(H,20,21,22). The van der Waals surface area contributed by atoms with Gasteiger partial charge in [0.2, 0.25) is 0 Å². The number of aromatic nitrogens is 4. The van der Waals surface area contributed by atoms with E-state index in [-0.39, 0.29) is 5.91 Å². The monoisotopic (exact) mass is 341 g/mol. The van der Waals surface area contributed by atoms with Crippen LogP contribution < -0.4 is 5.32 Å². The Morgan fingerprint density at radius 3 is 2.75 bits per heavy atom. The fraction of sp³-hybridized carbons (Fsp3) is 0.294. The zero-order chi connectivity index (χ0) is 17.1. The number of nitrogens with one attached hydrogen (secondary N) is 2. The second-order valence-corrected chi connectivity index (χ2v) is 6.86. The first kappa shape index (κ1) is 16.3. The minimum atomic E-state index is -0.0944. The Morgan fingerprint density at radius 2 is 2.08 bits per heavy atom. The van der Waals surface area contributed by atoms with Crippen LogP contribution in [0.25, 0.3) is 11.4 Å². The summed E-state index contributed by atoms with van der Waals surface area (Å²) in [5.41, 5.74) is 2.47. The topological polar surface area (TPSA) is 83.6 Å². The van der Waals surface area contributed by atoms with Crippen LogP contribution in [0.3, 0.4) is 0 Å². The van der Waals surface area contributed by atoms with Gasteiger partial charge in [0.05, 0.1) is 10.7 Å². The molecule has 7 heteroatoms. The van der Waals surface area contributed by atoms with Crippen molar-refractivity contribution in [1.29, 1.82) is 0 Å². The number of aryl methyl sites for hydroxylation is 3. The van der Waals surface area contributed by atoms with Crippen LogP contribution in [0.4, 0.5) is 0 Å². The summed E-state index contributed by atoms with van der Waals surface area (Å²) >= 11 is 1.68. The predicted octanol–water partition coefficient (Wildman–Crippen LogP) is 2.83. The molecular weight excluding hydrogens is 322 g/mol. The lowest BCUT2D eigenvalue weighted by atomic mass is 10.1. The highest BCUT2D eigenvalue weighted by molar-refractivity contribution is 7.11. The highest BCUT2D eigenvalue weighted by atomic mass is 32.1. The van der Waals surface area contributed by atoms with Crippen molar-refractivity contribution in [2.24, 2.45) is 0 Å². The number of H-pyrrole nitrogens is 1. The van der Waals surface area contributed by atoms with Gasteiger partial charge in [0.15, 0.2) is 5.82 Å². The summed E-state index contributed by atoms with van der Waals surface area (Å²) in [4.78, 5) is 22.3. The summed E-state index contributed by atoms with van der Waals surface area (Å²) in [6.45, 7) is 6.43. The van der Waals surface area contributed by atoms with E-state index in [1.807, 2.05) is 32.9 Å². The number of hydrogen-bond donors (Lipinski definition) is 2. The number of aromatic amines is 1. The maximum atomic E-state index is 12.3. The van der Waals surface area contributed by atoms with Gasteiger partial charge in [-0.15, -0.1) is 11.3 Å². The molecule has 0 saturated heterocycles. The Bertz CT molecular complexity index is 868. The van der Waals surface area contributed by atoms with Crippen molar-refractivity contribution in [1.82, 2.24) is 25.5 Å². The molecule has 0 aliphatic rings. The first-order valence-corrected chi connectivity index (χ1v) is 8.55. The SMILES string of the molecule is Cc1nc(-c2cccc(C(=O)NCCc3sc(C)nc3C)c2)n[nH]1. The Kier molecular flexibility index (Phi) is 4.71. The van der Waals surface area contributed by atoms with Gasteiger partial charge in [0.1, 0.15) is 5.82 Å². The van der Waals surface area contributed by atoms with Gasteiger partial charge in [-0.1, -0.05) is 12.1 Å². The van der Waals surface area contributed by atoms with Gasteiger partial charge < -0.3 is 5.32 Å². The van der Waals surface area contributed by atoms with Crippen molar-refractivity contribution >= 4 is 17.2 Å². The molecular formula is C17H19N5OS. The summed E-state index contributed by atoms with van der Waals surface area (Å²) < 4.78 is 0. The molecule has 0 radical (unpaired) electrons. The lowest BCUT2D eigenvalue weighted by Gasteiger charge is -2.06. The van der Waals surface area contributed by atoms with Crippen molar-refractivity contribution in [2.75, 3.05) is 6.54 Å². The van der Waals surface area contributed by atoms with Crippen LogP contribution in [0.1, 0.15) is 31.8 Å². The van der Waals surface area contributed by atoms with Gasteiger partial charge in [0, 0.05) is 29.0 Å². The molecule has 1 amide bonds. The van der Waals surface area contributed by atoms with Gasteiger partial charge in [-0.05, 0) is 32.9 Å². The van der Waals surface area contributed by atoms with Crippen molar-refractivity contribution in [3.63, 3.8) is 0 Å². The maximum Gasteiger partial charge on any atom is 0.251 e. The third kappa shape index (κ3) is 3.68. The fourth-order valence-electron chi connectivity index (χ4n) is 2.47. The third-order valence-electron chi connectivity index (χ3n) is 3.62. The molecule has 0 saturated carbocycles. The molecule has 0 unspecified atom stereocenters. The largest absolute Gasteiger partial charge is 0.352 e. The molecule has 0 atom stereocenters. The summed E-state index contributed by atoms with van der Waals surface area (Å²) in [6.07, 6.45) is 0.795. The lowest BCUT2D eigenvalue weighted by molar-refractivity contribution is 0.0954. The zero-order valence-corrected chi connectivity index (χ0v) is 14.7. The molecule has 0 fully saturated rings. The molecule has 0 aliphatic carbocycles. The minimum absolute atomic E-state index is 0.0944. The number of carbonyl (C=O) groups excluding carboxylic acids is 1. The van der Waals surface area contributed by atoms with Crippen molar-refractivity contribution < 1.29 is 4.79 Å². The van der Waals surface area contributed by atoms with Gasteiger partial charge >= 0.3 is 0 Å². The first-order chi connectivity index (χ1) is 11.5. The molecule has 2 aromatic heterocycles. The molecule has 1 aromatic carbocycles. The van der Waals surface area contributed by atoms with E-state index in [0.29, 0.717) is 17.9 Å². The van der Waals surface area contributed by atoms with E-state index < -0.39 is 0 Å². The maximum absolute atomic E-state index is 12.3. The Hall–Kier alpha value is -2.54. The number of benzene rings is 1. The molecule has 6 nitrogen and oxygen atoms in total. The molecule has 3 aromatic rings. The molecule has 2 heterocycles. The number of thiazole rings is 1. The second-order valence-electron chi connectivity index (χ2n) is 5.57. The van der Waals surface area contributed by atoms with Gasteiger partial charge in [-0.25, -0.2) is 9.97 Å². The fourth-order valence-corrected chi connectivity index (χ4v) is 3.41. The van der Waals surface area contributed by atoms with Crippen molar-refractivity contribution in [2.45, 2.75) is 27.2 Å². The minimum Gasteiger partial charge on any atom is -0.352 e. The zero-order valence-electron chi connectivity index (χ0n) is 13.9. The van der Waals surface area contributed by atoms with E-state index >= 15 is 0 Å². The van der Waals surface area contributed by atoms with E-state index in [9.17, 15) is 4.79 Å². The Labute approximate surface area is 144 Å². The number of carbonyl (C=O) groups is 1. The van der Waals surface area contributed by atoms with E-state index in [0.717, 1.165) is 28.5 Å². The molecule has 0 bridgehead atoms. The van der Waals surface area contributed by atoms with Crippen LogP contribution in [0, 0.1) is 20.8 Å². The molecule has 2 N–H and O–H groups in total. The lowest BCUT2D eigenvalue weighted by Crippen LogP contribution is -2.25. The quantitative estimate of drug-likeness (QED) is 0.747. The second kappa shape index (κ2) is 6.92. The van der Waals surface area contributed by atoms with Crippen molar-refractivity contribution in [3.8, 4) is 11.4 Å². The number of nitrogens with zero attached hydrogens (tertiary/aromatic N) is 3. The Morgan fingerprint density at radius 1 is 1.25 bits per heavy atom. The molecule has 0 aliphatic heterocycles. The van der Waals surface area contributed by atoms with Crippen LogP contribution in [-0.4, -0.2) is 32.6 Å². The van der Waals surface area contributed by atoms with Gasteiger partial charge in [-0.2, -0.15) is 5.10 Å². The van der Waals surface area contributed by atoms with E-state index in [1.54, 1.807) is 23.5 Å². The summed E-state index contributed by atoms with van der Waals surface area (Å²) in [6, 6.07) is 7.33. The van der Waals surface area contributed by atoms with E-state index in [2.05, 4.69) is 25.5 Å². The van der Waals surface area contributed by atoms with Crippen LogP contribution in [-0.2, 0) is 6.42 Å². The van der Waals surface area contributed by atoms with Crippen molar-refractivity contribution in [3.05, 3.63) is 51.2 Å². The summed E-state index contributed by atoms with van der Waals surface area (Å²) in [5, 5.41) is 11.0. The first-order valence-electron chi connectivity index (χ1n) is 7.73. The number of rotatable bonds is 5. The van der Waals surface area contributed by atoms with Crippen LogP contribution in [0.5, 0.6) is 0 Å². The molecule has 124 valence electrons. The average Bonchev–Trinajstić information content (AvgIpc) is 3.13. The van der Waals surface area contributed by atoms with Gasteiger partial charge in [-0.3, -0.25) is 9.89 Å². The average molecular weight is 341 g/mol. The van der Waals surface area contributed by atoms with Crippen LogP contribution in [0.15, 0.2) is 24.3 Å². The van der Waals surface area contributed by atoms with E-state index in [1.165, 1.54) is 4.88 Å². The number of amides is 1. The highest BCUT2D eigenvalue weighted by Crippen LogP contribution is 2.18. The molecule has 0 spiro atoms. The smallest absolute Gasteiger partial charge is 0.251 e. The third-order valence-corrected chi connectivity index (χ3v) is 4.75. The Balaban J connectivity index is 1.64. The van der Waals surface area contributed by atoms with Crippen LogP contribution >= 0.6 is 11.3 Å². The number of hydrogen-bond acceptors (Lipinski definition) is 5. The summed E-state index contributed by atoms with van der Waals surface area (Å²) in [7, 11) is 0.